The van der Waals surface area contributed by atoms with Gasteiger partial charge in [0.25, 0.3) is 0 Å². The summed E-state index contributed by atoms with van der Waals surface area (Å²) < 4.78 is 0. The Bertz CT molecular complexity index is 481. The summed E-state index contributed by atoms with van der Waals surface area (Å²) in [5, 5.41) is 0.715. The standard InChI is InChI=1S/C17H25ClN2O/c1-12(2)20(11-13-4-3-5-15(18)10-13)17(21)14-6-8-16(19)9-7-14/h3-5,10,12,14,16H,6-9,11,19H2,1-2H3. The predicted octanol–water partition coefficient (Wildman–Crippen LogP) is 3.59. The molecule has 0 unspecified atom stereocenters. The van der Waals surface area contributed by atoms with Crippen LogP contribution in [0.2, 0.25) is 5.02 Å². The molecule has 1 amide bonds. The van der Waals surface area contributed by atoms with Gasteiger partial charge in [0.1, 0.15) is 0 Å². The molecule has 21 heavy (non-hydrogen) atoms. The van der Waals surface area contributed by atoms with Crippen LogP contribution in [0.15, 0.2) is 24.3 Å². The molecule has 0 atom stereocenters. The summed E-state index contributed by atoms with van der Waals surface area (Å²) >= 11 is 6.03. The highest BCUT2D eigenvalue weighted by molar-refractivity contribution is 6.30. The summed E-state index contributed by atoms with van der Waals surface area (Å²) in [4.78, 5) is 14.8. The Balaban J connectivity index is 2.06. The summed E-state index contributed by atoms with van der Waals surface area (Å²) in [5.74, 6) is 0.392. The fourth-order valence-corrected chi connectivity index (χ4v) is 3.16. The van der Waals surface area contributed by atoms with Crippen molar-refractivity contribution in [2.24, 2.45) is 11.7 Å². The number of nitrogens with two attached hydrogens (primary N) is 1. The molecule has 1 aliphatic rings. The van der Waals surface area contributed by atoms with Crippen molar-refractivity contribution in [3.05, 3.63) is 34.9 Å². The van der Waals surface area contributed by atoms with Gasteiger partial charge < -0.3 is 10.6 Å². The number of benzene rings is 1. The first-order valence-electron chi connectivity index (χ1n) is 7.78. The van der Waals surface area contributed by atoms with Gasteiger partial charge in [-0.3, -0.25) is 4.79 Å². The van der Waals surface area contributed by atoms with E-state index in [0.29, 0.717) is 11.6 Å². The van der Waals surface area contributed by atoms with Crippen LogP contribution < -0.4 is 5.73 Å². The lowest BCUT2D eigenvalue weighted by atomic mass is 9.85. The zero-order chi connectivity index (χ0) is 15.4. The monoisotopic (exact) mass is 308 g/mol. The number of carbonyl (C=O) groups excluding carboxylic acids is 1. The van der Waals surface area contributed by atoms with Crippen molar-refractivity contribution in [1.82, 2.24) is 4.90 Å². The van der Waals surface area contributed by atoms with Gasteiger partial charge in [-0.25, -0.2) is 0 Å². The Hall–Kier alpha value is -1.06. The normalized spacial score (nSPS) is 22.3. The lowest BCUT2D eigenvalue weighted by Gasteiger charge is -2.33. The molecule has 2 rings (SSSR count). The molecular weight excluding hydrogens is 284 g/mol. The molecule has 0 bridgehead atoms. The van der Waals surface area contributed by atoms with E-state index < -0.39 is 0 Å². The number of halogens is 1. The highest BCUT2D eigenvalue weighted by atomic mass is 35.5. The second-order valence-corrected chi connectivity index (χ2v) is 6.74. The zero-order valence-electron chi connectivity index (χ0n) is 12.9. The SMILES string of the molecule is CC(C)N(Cc1cccc(Cl)c1)C(=O)C1CCC(N)CC1. The van der Waals surface area contributed by atoms with E-state index in [1.807, 2.05) is 29.2 Å². The molecule has 1 aromatic carbocycles. The maximum Gasteiger partial charge on any atom is 0.226 e. The van der Waals surface area contributed by atoms with Crippen LogP contribution in [-0.2, 0) is 11.3 Å². The predicted molar refractivity (Wildman–Crippen MR) is 87.1 cm³/mol. The minimum Gasteiger partial charge on any atom is -0.336 e. The molecule has 4 heteroatoms. The smallest absolute Gasteiger partial charge is 0.226 e. The highest BCUT2D eigenvalue weighted by Gasteiger charge is 2.29. The van der Waals surface area contributed by atoms with Gasteiger partial charge >= 0.3 is 0 Å². The van der Waals surface area contributed by atoms with E-state index >= 15 is 0 Å². The first kappa shape index (κ1) is 16.3. The summed E-state index contributed by atoms with van der Waals surface area (Å²) in [7, 11) is 0. The van der Waals surface area contributed by atoms with Crippen LogP contribution in [0.3, 0.4) is 0 Å². The minimum absolute atomic E-state index is 0.131. The van der Waals surface area contributed by atoms with Gasteiger partial charge in [0, 0.05) is 29.6 Å². The molecule has 1 fully saturated rings. The van der Waals surface area contributed by atoms with E-state index in [-0.39, 0.29) is 23.9 Å². The Morgan fingerprint density at radius 1 is 1.33 bits per heavy atom. The van der Waals surface area contributed by atoms with E-state index in [0.717, 1.165) is 31.2 Å². The van der Waals surface area contributed by atoms with Crippen LogP contribution in [-0.4, -0.2) is 22.9 Å². The summed E-state index contributed by atoms with van der Waals surface area (Å²) in [5.41, 5.74) is 7.01. The van der Waals surface area contributed by atoms with Gasteiger partial charge in [0.15, 0.2) is 0 Å². The molecule has 0 heterocycles. The fraction of sp³-hybridized carbons (Fsp3) is 0.588. The molecule has 1 aliphatic carbocycles. The van der Waals surface area contributed by atoms with E-state index in [4.69, 9.17) is 17.3 Å². The molecule has 3 nitrogen and oxygen atoms in total. The fourth-order valence-electron chi connectivity index (χ4n) is 2.95. The Kier molecular flexibility index (Phi) is 5.65. The highest BCUT2D eigenvalue weighted by Crippen LogP contribution is 2.26. The van der Waals surface area contributed by atoms with E-state index in [1.54, 1.807) is 0 Å². The van der Waals surface area contributed by atoms with Crippen LogP contribution in [0.5, 0.6) is 0 Å². The van der Waals surface area contributed by atoms with Gasteiger partial charge in [-0.2, -0.15) is 0 Å². The largest absolute Gasteiger partial charge is 0.336 e. The average molecular weight is 309 g/mol. The lowest BCUT2D eigenvalue weighted by molar-refractivity contribution is -0.139. The summed E-state index contributed by atoms with van der Waals surface area (Å²) in [6, 6.07) is 8.20. The molecule has 0 spiro atoms. The van der Waals surface area contributed by atoms with E-state index in [9.17, 15) is 4.79 Å². The first-order valence-corrected chi connectivity index (χ1v) is 8.15. The summed E-state index contributed by atoms with van der Waals surface area (Å²) in [6.45, 7) is 4.76. The van der Waals surface area contributed by atoms with Crippen LogP contribution in [0, 0.1) is 5.92 Å². The van der Waals surface area contributed by atoms with Crippen LogP contribution in [0.25, 0.3) is 0 Å². The number of hydrogen-bond acceptors (Lipinski definition) is 2. The van der Waals surface area contributed by atoms with Crippen molar-refractivity contribution in [2.75, 3.05) is 0 Å². The van der Waals surface area contributed by atoms with Crippen molar-refractivity contribution >= 4 is 17.5 Å². The molecule has 0 aromatic heterocycles. The summed E-state index contributed by atoms with van der Waals surface area (Å²) in [6.07, 6.45) is 3.75. The molecule has 0 radical (unpaired) electrons. The Morgan fingerprint density at radius 2 is 2.00 bits per heavy atom. The quantitative estimate of drug-likeness (QED) is 0.924. The van der Waals surface area contributed by atoms with Gasteiger partial charge in [-0.15, -0.1) is 0 Å². The molecular formula is C17H25ClN2O. The van der Waals surface area contributed by atoms with Gasteiger partial charge in [-0.1, -0.05) is 23.7 Å². The first-order chi connectivity index (χ1) is 9.97. The maximum absolute atomic E-state index is 12.8. The van der Waals surface area contributed by atoms with E-state index in [2.05, 4.69) is 13.8 Å². The Morgan fingerprint density at radius 3 is 2.57 bits per heavy atom. The molecule has 0 aliphatic heterocycles. The number of hydrogen-bond donors (Lipinski definition) is 1. The maximum atomic E-state index is 12.8. The zero-order valence-corrected chi connectivity index (χ0v) is 13.6. The van der Waals surface area contributed by atoms with Crippen molar-refractivity contribution in [2.45, 2.75) is 58.2 Å². The lowest BCUT2D eigenvalue weighted by Crippen LogP contribution is -2.42. The second kappa shape index (κ2) is 7.28. The van der Waals surface area contributed by atoms with Crippen LogP contribution >= 0.6 is 11.6 Å². The second-order valence-electron chi connectivity index (χ2n) is 6.30. The molecule has 0 saturated heterocycles. The third-order valence-corrected chi connectivity index (χ3v) is 4.50. The van der Waals surface area contributed by atoms with Crippen molar-refractivity contribution < 1.29 is 4.79 Å². The topological polar surface area (TPSA) is 46.3 Å². The van der Waals surface area contributed by atoms with Gasteiger partial charge in [-0.05, 0) is 57.2 Å². The third-order valence-electron chi connectivity index (χ3n) is 4.27. The average Bonchev–Trinajstić information content (AvgIpc) is 2.44. The molecule has 1 aromatic rings. The number of carbonyl (C=O) groups is 1. The minimum atomic E-state index is 0.131. The van der Waals surface area contributed by atoms with Crippen molar-refractivity contribution in [3.63, 3.8) is 0 Å². The molecule has 1 saturated carbocycles. The van der Waals surface area contributed by atoms with E-state index in [1.165, 1.54) is 0 Å². The number of rotatable bonds is 4. The molecule has 2 N–H and O–H groups in total. The van der Waals surface area contributed by atoms with Gasteiger partial charge in [0.05, 0.1) is 0 Å². The van der Waals surface area contributed by atoms with Crippen molar-refractivity contribution in [3.8, 4) is 0 Å². The van der Waals surface area contributed by atoms with Gasteiger partial charge in [0.2, 0.25) is 5.91 Å². The van der Waals surface area contributed by atoms with Crippen molar-refractivity contribution in [1.29, 1.82) is 0 Å². The van der Waals surface area contributed by atoms with Crippen LogP contribution in [0.4, 0.5) is 0 Å². The Labute approximate surface area is 132 Å². The number of nitrogens with zero attached hydrogens (tertiary/aromatic N) is 1. The number of amides is 1. The third kappa shape index (κ3) is 4.45. The van der Waals surface area contributed by atoms with Crippen LogP contribution in [0.1, 0.15) is 45.1 Å². The molecule has 116 valence electrons.